The standard InChI is InChI=1S/C18H20BrF2N3O/c1-5-24(4)10-22-16-9-13(19)18(23-11(16)2)25-12(3)17-14(20)7-6-8-15(17)21/h6-10,12H,5H2,1-4H3/b22-10+. The molecular formula is C18H20BrF2N3O. The van der Waals surface area contributed by atoms with E-state index < -0.39 is 17.7 Å². The first-order chi connectivity index (χ1) is 11.8. The number of halogens is 3. The molecule has 0 spiro atoms. The lowest BCUT2D eigenvalue weighted by molar-refractivity contribution is 0.205. The van der Waals surface area contributed by atoms with Crippen molar-refractivity contribution in [2.24, 2.45) is 4.99 Å². The number of aryl methyl sites for hydroxylation is 1. The first kappa shape index (κ1) is 19.3. The second kappa shape index (κ2) is 8.38. The lowest BCUT2D eigenvalue weighted by atomic mass is 10.1. The Hall–Kier alpha value is -2.02. The smallest absolute Gasteiger partial charge is 0.228 e. The van der Waals surface area contributed by atoms with Crippen LogP contribution in [0.25, 0.3) is 0 Å². The summed E-state index contributed by atoms with van der Waals surface area (Å²) < 4.78 is 34.0. The van der Waals surface area contributed by atoms with E-state index in [0.29, 0.717) is 15.9 Å². The van der Waals surface area contributed by atoms with E-state index in [2.05, 4.69) is 25.9 Å². The van der Waals surface area contributed by atoms with Gasteiger partial charge < -0.3 is 9.64 Å². The van der Waals surface area contributed by atoms with Crippen molar-refractivity contribution in [2.45, 2.75) is 26.9 Å². The summed E-state index contributed by atoms with van der Waals surface area (Å²) in [4.78, 5) is 10.7. The van der Waals surface area contributed by atoms with Gasteiger partial charge in [-0.15, -0.1) is 0 Å². The SMILES string of the molecule is CCN(C)/C=N/c1cc(Br)c(OC(C)c2c(F)cccc2F)nc1C. The molecule has 1 unspecified atom stereocenters. The Kier molecular flexibility index (Phi) is 6.47. The van der Waals surface area contributed by atoms with Crippen LogP contribution in [0.15, 0.2) is 33.7 Å². The molecule has 25 heavy (non-hydrogen) atoms. The molecule has 0 amide bonds. The second-order valence-electron chi connectivity index (χ2n) is 5.59. The van der Waals surface area contributed by atoms with Gasteiger partial charge in [-0.25, -0.2) is 18.8 Å². The van der Waals surface area contributed by atoms with Crippen molar-refractivity contribution in [3.8, 4) is 5.88 Å². The van der Waals surface area contributed by atoms with Gasteiger partial charge in [-0.1, -0.05) is 6.07 Å². The van der Waals surface area contributed by atoms with E-state index in [1.54, 1.807) is 26.3 Å². The quantitative estimate of drug-likeness (QED) is 0.485. The molecule has 0 aliphatic carbocycles. The monoisotopic (exact) mass is 411 g/mol. The van der Waals surface area contributed by atoms with Gasteiger partial charge in [0.25, 0.3) is 0 Å². The number of aliphatic imine (C=N–C) groups is 1. The van der Waals surface area contributed by atoms with Crippen LogP contribution < -0.4 is 4.74 Å². The molecule has 1 aromatic carbocycles. The highest BCUT2D eigenvalue weighted by Gasteiger charge is 2.19. The number of pyridine rings is 1. The predicted molar refractivity (Wildman–Crippen MR) is 98.5 cm³/mol. The van der Waals surface area contributed by atoms with Crippen molar-refractivity contribution < 1.29 is 13.5 Å². The number of hydrogen-bond donors (Lipinski definition) is 0. The van der Waals surface area contributed by atoms with E-state index in [9.17, 15) is 8.78 Å². The number of ether oxygens (including phenoxy) is 1. The van der Waals surface area contributed by atoms with E-state index in [0.717, 1.165) is 6.54 Å². The van der Waals surface area contributed by atoms with Crippen molar-refractivity contribution in [1.82, 2.24) is 9.88 Å². The van der Waals surface area contributed by atoms with Crippen molar-refractivity contribution >= 4 is 28.0 Å². The van der Waals surface area contributed by atoms with Crippen LogP contribution in [0.1, 0.15) is 31.2 Å². The number of nitrogens with zero attached hydrogens (tertiary/aromatic N) is 3. The molecule has 2 aromatic rings. The summed E-state index contributed by atoms with van der Waals surface area (Å²) in [5.74, 6) is -1.04. The zero-order chi connectivity index (χ0) is 18.6. The Morgan fingerprint density at radius 2 is 2.00 bits per heavy atom. The van der Waals surface area contributed by atoms with Crippen molar-refractivity contribution in [2.75, 3.05) is 13.6 Å². The number of rotatable bonds is 6. The highest BCUT2D eigenvalue weighted by atomic mass is 79.9. The molecule has 0 aliphatic heterocycles. The third-order valence-corrected chi connectivity index (χ3v) is 4.26. The summed E-state index contributed by atoms with van der Waals surface area (Å²) in [7, 11) is 1.92. The van der Waals surface area contributed by atoms with Crippen LogP contribution in [0.4, 0.5) is 14.5 Å². The summed E-state index contributed by atoms with van der Waals surface area (Å²) in [5, 5.41) is 0. The minimum atomic E-state index is -0.829. The maximum Gasteiger partial charge on any atom is 0.228 e. The minimum absolute atomic E-state index is 0.125. The average Bonchev–Trinajstić information content (AvgIpc) is 2.56. The summed E-state index contributed by atoms with van der Waals surface area (Å²) in [6, 6.07) is 5.49. The molecule has 1 heterocycles. The largest absolute Gasteiger partial charge is 0.469 e. The van der Waals surface area contributed by atoms with E-state index >= 15 is 0 Å². The third-order valence-electron chi connectivity index (χ3n) is 3.70. The topological polar surface area (TPSA) is 37.7 Å². The van der Waals surface area contributed by atoms with Crippen LogP contribution in [-0.2, 0) is 0 Å². The van der Waals surface area contributed by atoms with E-state index in [-0.39, 0.29) is 11.4 Å². The van der Waals surface area contributed by atoms with E-state index in [4.69, 9.17) is 4.74 Å². The van der Waals surface area contributed by atoms with Crippen molar-refractivity contribution in [3.63, 3.8) is 0 Å². The average molecular weight is 412 g/mol. The molecule has 0 saturated heterocycles. The number of hydrogen-bond acceptors (Lipinski definition) is 3. The first-order valence-corrected chi connectivity index (χ1v) is 8.64. The van der Waals surface area contributed by atoms with Crippen LogP contribution in [0.3, 0.4) is 0 Å². The van der Waals surface area contributed by atoms with Gasteiger partial charge in [0.05, 0.1) is 27.8 Å². The summed E-state index contributed by atoms with van der Waals surface area (Å²) in [6.07, 6.45) is 0.888. The summed E-state index contributed by atoms with van der Waals surface area (Å²) >= 11 is 3.38. The molecule has 1 atom stereocenters. The van der Waals surface area contributed by atoms with Gasteiger partial charge in [-0.05, 0) is 54.9 Å². The van der Waals surface area contributed by atoms with Gasteiger partial charge in [0.1, 0.15) is 17.7 Å². The van der Waals surface area contributed by atoms with Crippen LogP contribution in [-0.4, -0.2) is 29.8 Å². The molecule has 0 saturated carbocycles. The Morgan fingerprint density at radius 3 is 2.60 bits per heavy atom. The molecular weight excluding hydrogens is 392 g/mol. The number of benzene rings is 1. The fourth-order valence-electron chi connectivity index (χ4n) is 2.13. The fourth-order valence-corrected chi connectivity index (χ4v) is 2.53. The lowest BCUT2D eigenvalue weighted by Gasteiger charge is -2.17. The Bertz CT molecular complexity index is 763. The fraction of sp³-hybridized carbons (Fsp3) is 0.333. The predicted octanol–water partition coefficient (Wildman–Crippen LogP) is 5.18. The molecule has 0 aliphatic rings. The highest BCUT2D eigenvalue weighted by Crippen LogP contribution is 2.33. The van der Waals surface area contributed by atoms with Crippen molar-refractivity contribution in [3.05, 3.63) is 51.6 Å². The van der Waals surface area contributed by atoms with Crippen LogP contribution >= 0.6 is 15.9 Å². The molecule has 0 N–H and O–H groups in total. The van der Waals surface area contributed by atoms with Gasteiger partial charge in [0.2, 0.25) is 5.88 Å². The summed E-state index contributed by atoms with van der Waals surface area (Å²) in [6.45, 7) is 6.23. The molecule has 2 rings (SSSR count). The zero-order valence-electron chi connectivity index (χ0n) is 14.6. The summed E-state index contributed by atoms with van der Waals surface area (Å²) in [5.41, 5.74) is 1.21. The van der Waals surface area contributed by atoms with Gasteiger partial charge in [-0.2, -0.15) is 0 Å². The second-order valence-corrected chi connectivity index (χ2v) is 6.45. The van der Waals surface area contributed by atoms with Gasteiger partial charge in [-0.3, -0.25) is 0 Å². The molecule has 0 radical (unpaired) electrons. The van der Waals surface area contributed by atoms with Gasteiger partial charge in [0, 0.05) is 13.6 Å². The molecule has 7 heteroatoms. The molecule has 4 nitrogen and oxygen atoms in total. The van der Waals surface area contributed by atoms with E-state index in [1.807, 2.05) is 18.9 Å². The third kappa shape index (κ3) is 4.75. The zero-order valence-corrected chi connectivity index (χ0v) is 16.1. The van der Waals surface area contributed by atoms with E-state index in [1.165, 1.54) is 18.2 Å². The van der Waals surface area contributed by atoms with Crippen LogP contribution in [0.5, 0.6) is 5.88 Å². The minimum Gasteiger partial charge on any atom is -0.469 e. The molecule has 0 fully saturated rings. The molecule has 1 aromatic heterocycles. The maximum absolute atomic E-state index is 13.9. The van der Waals surface area contributed by atoms with Crippen LogP contribution in [0.2, 0.25) is 0 Å². The maximum atomic E-state index is 13.9. The van der Waals surface area contributed by atoms with Gasteiger partial charge in [0.15, 0.2) is 0 Å². The van der Waals surface area contributed by atoms with Gasteiger partial charge >= 0.3 is 0 Å². The Morgan fingerprint density at radius 1 is 1.36 bits per heavy atom. The Balaban J connectivity index is 2.26. The first-order valence-electron chi connectivity index (χ1n) is 7.85. The highest BCUT2D eigenvalue weighted by molar-refractivity contribution is 9.10. The normalized spacial score (nSPS) is 12.4. The van der Waals surface area contributed by atoms with Crippen LogP contribution in [0, 0.1) is 18.6 Å². The molecule has 134 valence electrons. The molecule has 0 bridgehead atoms. The van der Waals surface area contributed by atoms with Crippen molar-refractivity contribution in [1.29, 1.82) is 0 Å². The lowest BCUT2D eigenvalue weighted by Crippen LogP contribution is -2.14. The number of aromatic nitrogens is 1. The Labute approximate surface area is 154 Å².